The smallest absolute Gasteiger partial charge is 0.161 e. The molecule has 0 saturated carbocycles. The number of benzene rings is 2. The Labute approximate surface area is 168 Å². The lowest BCUT2D eigenvalue weighted by Gasteiger charge is -2.08. The standard InChI is InChI=1S/C22H21N3O2S/c1-14-5-7-18(9-15(14)2)24-12-17(11-23)22-25-19(13-28-22)16-6-8-20(26-3)21(10-16)27-4/h5-10,12-13,24H,1-4H3/b17-12-. The van der Waals surface area contributed by atoms with E-state index in [-0.39, 0.29) is 0 Å². The van der Waals surface area contributed by atoms with E-state index in [0.29, 0.717) is 22.1 Å². The summed E-state index contributed by atoms with van der Waals surface area (Å²) in [6.45, 7) is 4.13. The lowest BCUT2D eigenvalue weighted by Crippen LogP contribution is -1.93. The van der Waals surface area contributed by atoms with Gasteiger partial charge in [0.1, 0.15) is 16.6 Å². The van der Waals surface area contributed by atoms with Crippen molar-refractivity contribution in [2.45, 2.75) is 13.8 Å². The van der Waals surface area contributed by atoms with Gasteiger partial charge in [0.25, 0.3) is 0 Å². The first-order valence-electron chi connectivity index (χ1n) is 8.68. The van der Waals surface area contributed by atoms with Crippen molar-refractivity contribution in [1.82, 2.24) is 4.98 Å². The van der Waals surface area contributed by atoms with Gasteiger partial charge in [0.15, 0.2) is 11.5 Å². The fraction of sp³-hybridized carbons (Fsp3) is 0.182. The van der Waals surface area contributed by atoms with Crippen LogP contribution >= 0.6 is 11.3 Å². The summed E-state index contributed by atoms with van der Waals surface area (Å²) in [5, 5.41) is 15.3. The van der Waals surface area contributed by atoms with E-state index in [1.807, 2.05) is 29.6 Å². The SMILES string of the molecule is COc1ccc(-c2csc(/C(C#N)=C\Nc3ccc(C)c(C)c3)n2)cc1OC. The van der Waals surface area contributed by atoms with E-state index < -0.39 is 0 Å². The number of aromatic nitrogens is 1. The third kappa shape index (κ3) is 4.16. The Morgan fingerprint density at radius 1 is 1.07 bits per heavy atom. The molecule has 0 unspecified atom stereocenters. The molecule has 5 nitrogen and oxygen atoms in total. The Morgan fingerprint density at radius 3 is 2.54 bits per heavy atom. The highest BCUT2D eigenvalue weighted by molar-refractivity contribution is 7.11. The summed E-state index contributed by atoms with van der Waals surface area (Å²) >= 11 is 1.43. The van der Waals surface area contributed by atoms with Crippen molar-refractivity contribution in [2.75, 3.05) is 19.5 Å². The molecule has 0 aliphatic rings. The number of nitriles is 1. The predicted octanol–water partition coefficient (Wildman–Crippen LogP) is 5.42. The van der Waals surface area contributed by atoms with Crippen LogP contribution in [0.1, 0.15) is 16.1 Å². The van der Waals surface area contributed by atoms with Gasteiger partial charge in [0.05, 0.1) is 19.9 Å². The second kappa shape index (κ2) is 8.59. The molecule has 0 spiro atoms. The van der Waals surface area contributed by atoms with Gasteiger partial charge >= 0.3 is 0 Å². The van der Waals surface area contributed by atoms with Crippen LogP contribution in [0.5, 0.6) is 11.5 Å². The molecule has 0 saturated heterocycles. The highest BCUT2D eigenvalue weighted by Crippen LogP contribution is 2.33. The van der Waals surface area contributed by atoms with Crippen molar-refractivity contribution in [3.63, 3.8) is 0 Å². The van der Waals surface area contributed by atoms with E-state index >= 15 is 0 Å². The number of aryl methyl sites for hydroxylation is 2. The average Bonchev–Trinajstić information content (AvgIpc) is 3.20. The number of hydrogen-bond acceptors (Lipinski definition) is 6. The lowest BCUT2D eigenvalue weighted by atomic mass is 10.1. The van der Waals surface area contributed by atoms with E-state index in [1.54, 1.807) is 20.4 Å². The molecule has 0 amide bonds. The Morgan fingerprint density at radius 2 is 1.86 bits per heavy atom. The van der Waals surface area contributed by atoms with Crippen LogP contribution in [0.4, 0.5) is 5.69 Å². The van der Waals surface area contributed by atoms with Crippen molar-refractivity contribution in [3.8, 4) is 28.8 Å². The fourth-order valence-electron chi connectivity index (χ4n) is 2.65. The third-order valence-electron chi connectivity index (χ3n) is 4.42. The third-order valence-corrected chi connectivity index (χ3v) is 5.30. The zero-order chi connectivity index (χ0) is 20.1. The van der Waals surface area contributed by atoms with E-state index in [1.165, 1.54) is 22.5 Å². The van der Waals surface area contributed by atoms with Crippen LogP contribution in [-0.4, -0.2) is 19.2 Å². The summed E-state index contributed by atoms with van der Waals surface area (Å²) in [5.74, 6) is 1.30. The summed E-state index contributed by atoms with van der Waals surface area (Å²) < 4.78 is 10.6. The number of nitrogens with zero attached hydrogens (tertiary/aromatic N) is 2. The summed E-state index contributed by atoms with van der Waals surface area (Å²) in [4.78, 5) is 4.62. The Balaban J connectivity index is 1.85. The van der Waals surface area contributed by atoms with Crippen molar-refractivity contribution < 1.29 is 9.47 Å². The second-order valence-corrected chi connectivity index (χ2v) is 7.08. The fourth-order valence-corrected chi connectivity index (χ4v) is 3.45. The zero-order valence-corrected chi connectivity index (χ0v) is 17.1. The molecule has 0 fully saturated rings. The summed E-state index contributed by atoms with van der Waals surface area (Å²) in [5.41, 5.74) is 5.53. The second-order valence-electron chi connectivity index (χ2n) is 6.22. The molecular formula is C22H21N3O2S. The van der Waals surface area contributed by atoms with Crippen LogP contribution in [0.2, 0.25) is 0 Å². The van der Waals surface area contributed by atoms with Crippen LogP contribution in [0.25, 0.3) is 16.8 Å². The van der Waals surface area contributed by atoms with Gasteiger partial charge in [0.2, 0.25) is 0 Å². The molecule has 28 heavy (non-hydrogen) atoms. The molecule has 3 rings (SSSR count). The Bertz CT molecular complexity index is 1060. The maximum Gasteiger partial charge on any atom is 0.161 e. The molecule has 0 bridgehead atoms. The number of allylic oxidation sites excluding steroid dienone is 1. The predicted molar refractivity (Wildman–Crippen MR) is 114 cm³/mol. The van der Waals surface area contributed by atoms with Crippen molar-refractivity contribution >= 4 is 22.6 Å². The maximum atomic E-state index is 9.56. The first kappa shape index (κ1) is 19.5. The maximum absolute atomic E-state index is 9.56. The van der Waals surface area contributed by atoms with Gasteiger partial charge in [-0.25, -0.2) is 4.98 Å². The normalized spacial score (nSPS) is 11.0. The van der Waals surface area contributed by atoms with Crippen molar-refractivity contribution in [3.05, 3.63) is 64.1 Å². The number of nitrogens with one attached hydrogen (secondary N) is 1. The molecule has 3 aromatic rings. The first-order chi connectivity index (χ1) is 13.5. The number of thiazole rings is 1. The van der Waals surface area contributed by atoms with Crippen LogP contribution in [0.15, 0.2) is 48.0 Å². The summed E-state index contributed by atoms with van der Waals surface area (Å²) in [6.07, 6.45) is 1.70. The largest absolute Gasteiger partial charge is 0.493 e. The molecule has 1 heterocycles. The monoisotopic (exact) mass is 391 g/mol. The van der Waals surface area contributed by atoms with Gasteiger partial charge in [-0.2, -0.15) is 5.26 Å². The molecule has 0 aliphatic carbocycles. The molecule has 0 atom stereocenters. The Hall–Kier alpha value is -3.30. The van der Waals surface area contributed by atoms with E-state index in [4.69, 9.17) is 9.47 Å². The molecule has 2 aromatic carbocycles. The number of methoxy groups -OCH3 is 2. The minimum absolute atomic E-state index is 0.481. The molecule has 0 aliphatic heterocycles. The summed E-state index contributed by atoms with van der Waals surface area (Å²) in [6, 6.07) is 14.0. The van der Waals surface area contributed by atoms with Gasteiger partial charge in [0, 0.05) is 22.8 Å². The quantitative estimate of drug-likeness (QED) is 0.568. The van der Waals surface area contributed by atoms with Gasteiger partial charge in [-0.05, 0) is 55.3 Å². The van der Waals surface area contributed by atoms with Gasteiger partial charge < -0.3 is 14.8 Å². The molecule has 1 aromatic heterocycles. The number of hydrogen-bond donors (Lipinski definition) is 1. The zero-order valence-electron chi connectivity index (χ0n) is 16.2. The highest BCUT2D eigenvalue weighted by atomic mass is 32.1. The average molecular weight is 391 g/mol. The Kier molecular flexibility index (Phi) is 5.97. The molecular weight excluding hydrogens is 370 g/mol. The molecule has 1 N–H and O–H groups in total. The number of ether oxygens (including phenoxy) is 2. The number of rotatable bonds is 6. The highest BCUT2D eigenvalue weighted by Gasteiger charge is 2.12. The molecule has 0 radical (unpaired) electrons. The van der Waals surface area contributed by atoms with Crippen LogP contribution in [0.3, 0.4) is 0 Å². The van der Waals surface area contributed by atoms with E-state index in [0.717, 1.165) is 16.9 Å². The first-order valence-corrected chi connectivity index (χ1v) is 9.56. The molecule has 6 heteroatoms. The van der Waals surface area contributed by atoms with Gasteiger partial charge in [-0.1, -0.05) is 6.07 Å². The van der Waals surface area contributed by atoms with Crippen molar-refractivity contribution in [1.29, 1.82) is 5.26 Å². The lowest BCUT2D eigenvalue weighted by molar-refractivity contribution is 0.355. The van der Waals surface area contributed by atoms with E-state index in [2.05, 4.69) is 42.4 Å². The minimum atomic E-state index is 0.481. The van der Waals surface area contributed by atoms with Crippen LogP contribution in [-0.2, 0) is 0 Å². The van der Waals surface area contributed by atoms with Gasteiger partial charge in [-0.15, -0.1) is 11.3 Å². The van der Waals surface area contributed by atoms with Crippen LogP contribution in [0, 0.1) is 25.2 Å². The minimum Gasteiger partial charge on any atom is -0.493 e. The number of anilines is 1. The topological polar surface area (TPSA) is 67.2 Å². The molecule has 142 valence electrons. The summed E-state index contributed by atoms with van der Waals surface area (Å²) in [7, 11) is 3.20. The van der Waals surface area contributed by atoms with Crippen molar-refractivity contribution in [2.24, 2.45) is 0 Å². The van der Waals surface area contributed by atoms with E-state index in [9.17, 15) is 5.26 Å². The van der Waals surface area contributed by atoms with Crippen LogP contribution < -0.4 is 14.8 Å². The van der Waals surface area contributed by atoms with Gasteiger partial charge in [-0.3, -0.25) is 0 Å².